The zero-order valence-electron chi connectivity index (χ0n) is 14.1. The maximum atomic E-state index is 12.3. The van der Waals surface area contributed by atoms with Gasteiger partial charge in [-0.05, 0) is 12.1 Å². The van der Waals surface area contributed by atoms with Crippen molar-refractivity contribution in [3.8, 4) is 17.0 Å². The minimum atomic E-state index is -0.428. The number of aromatic nitrogens is 1. The molecular formula is C19H17N3O4. The Morgan fingerprint density at radius 2 is 1.88 bits per heavy atom. The average Bonchev–Trinajstić information content (AvgIpc) is 3.17. The van der Waals surface area contributed by atoms with Crippen LogP contribution in [0.1, 0.15) is 10.6 Å². The van der Waals surface area contributed by atoms with E-state index in [-0.39, 0.29) is 18.3 Å². The molecule has 0 aliphatic carbocycles. The predicted octanol–water partition coefficient (Wildman–Crippen LogP) is 2.72. The first-order chi connectivity index (χ1) is 12.7. The maximum absolute atomic E-state index is 12.3. The standard InChI is InChI=1S/C19H17N3O4/c1-20-18(23)12-25-15-9-5-8-14(10-15)21-19(24)17-11-16(22-26-17)13-6-3-2-4-7-13/h2-11H,12H2,1H3,(H,20,23)(H,21,24). The lowest BCUT2D eigenvalue weighted by molar-refractivity contribution is -0.122. The van der Waals surface area contributed by atoms with Gasteiger partial charge in [-0.2, -0.15) is 0 Å². The molecule has 0 aliphatic heterocycles. The van der Waals surface area contributed by atoms with Crippen LogP contribution in [0.15, 0.2) is 65.2 Å². The minimum absolute atomic E-state index is 0.0977. The number of hydrogen-bond acceptors (Lipinski definition) is 5. The summed E-state index contributed by atoms with van der Waals surface area (Å²) >= 11 is 0. The Morgan fingerprint density at radius 1 is 1.08 bits per heavy atom. The van der Waals surface area contributed by atoms with Gasteiger partial charge in [0.05, 0.1) is 0 Å². The molecule has 3 aromatic rings. The third-order valence-electron chi connectivity index (χ3n) is 3.54. The molecule has 2 amide bonds. The van der Waals surface area contributed by atoms with Gasteiger partial charge in [0.1, 0.15) is 11.4 Å². The van der Waals surface area contributed by atoms with Crippen molar-refractivity contribution in [2.24, 2.45) is 0 Å². The van der Waals surface area contributed by atoms with E-state index in [1.165, 1.54) is 7.05 Å². The van der Waals surface area contributed by atoms with Gasteiger partial charge in [-0.25, -0.2) is 0 Å². The van der Waals surface area contributed by atoms with E-state index in [2.05, 4.69) is 15.8 Å². The third kappa shape index (κ3) is 4.27. The number of ether oxygens (including phenoxy) is 1. The largest absolute Gasteiger partial charge is 0.484 e. The zero-order valence-corrected chi connectivity index (χ0v) is 14.1. The van der Waals surface area contributed by atoms with Gasteiger partial charge in [0.15, 0.2) is 6.61 Å². The number of likely N-dealkylation sites (N-methyl/N-ethyl adjacent to an activating group) is 1. The number of rotatable bonds is 6. The van der Waals surface area contributed by atoms with Crippen molar-refractivity contribution in [3.63, 3.8) is 0 Å². The smallest absolute Gasteiger partial charge is 0.294 e. The molecule has 0 aliphatic rings. The monoisotopic (exact) mass is 351 g/mol. The molecule has 26 heavy (non-hydrogen) atoms. The Morgan fingerprint density at radius 3 is 2.65 bits per heavy atom. The third-order valence-corrected chi connectivity index (χ3v) is 3.54. The van der Waals surface area contributed by atoms with E-state index in [1.807, 2.05) is 30.3 Å². The molecule has 1 aromatic heterocycles. The summed E-state index contributed by atoms with van der Waals surface area (Å²) in [4.78, 5) is 23.6. The molecule has 0 unspecified atom stereocenters. The fourth-order valence-electron chi connectivity index (χ4n) is 2.20. The van der Waals surface area contributed by atoms with Gasteiger partial charge in [-0.15, -0.1) is 0 Å². The quantitative estimate of drug-likeness (QED) is 0.712. The lowest BCUT2D eigenvalue weighted by atomic mass is 10.1. The van der Waals surface area contributed by atoms with Crippen molar-refractivity contribution in [2.75, 3.05) is 19.0 Å². The molecule has 2 aromatic carbocycles. The first kappa shape index (κ1) is 17.2. The number of anilines is 1. The van der Waals surface area contributed by atoms with E-state index in [9.17, 15) is 9.59 Å². The highest BCUT2D eigenvalue weighted by Gasteiger charge is 2.14. The Labute approximate surface area is 150 Å². The summed E-state index contributed by atoms with van der Waals surface area (Å²) in [5.74, 6) is -0.104. The number of benzene rings is 2. The Kier molecular flexibility index (Phi) is 5.28. The number of nitrogens with one attached hydrogen (secondary N) is 2. The molecule has 0 radical (unpaired) electrons. The fourth-order valence-corrected chi connectivity index (χ4v) is 2.20. The second-order valence-corrected chi connectivity index (χ2v) is 5.39. The number of hydrogen-bond donors (Lipinski definition) is 2. The van der Waals surface area contributed by atoms with Crippen LogP contribution in [-0.2, 0) is 4.79 Å². The van der Waals surface area contributed by atoms with Crippen LogP contribution in [0.4, 0.5) is 5.69 Å². The molecule has 0 spiro atoms. The molecule has 7 heteroatoms. The molecule has 0 bridgehead atoms. The maximum Gasteiger partial charge on any atom is 0.294 e. The van der Waals surface area contributed by atoms with Gasteiger partial charge in [-0.3, -0.25) is 9.59 Å². The molecule has 1 heterocycles. The number of carbonyl (C=O) groups is 2. The first-order valence-electron chi connectivity index (χ1n) is 7.92. The average molecular weight is 351 g/mol. The van der Waals surface area contributed by atoms with Crippen molar-refractivity contribution in [3.05, 3.63) is 66.4 Å². The number of carbonyl (C=O) groups excluding carboxylic acids is 2. The van der Waals surface area contributed by atoms with Gasteiger partial charge in [-0.1, -0.05) is 41.6 Å². The van der Waals surface area contributed by atoms with E-state index in [4.69, 9.17) is 9.26 Å². The van der Waals surface area contributed by atoms with Gasteiger partial charge < -0.3 is 19.9 Å². The molecule has 0 saturated carbocycles. The van der Waals surface area contributed by atoms with E-state index >= 15 is 0 Å². The summed E-state index contributed by atoms with van der Waals surface area (Å²) in [5, 5.41) is 9.10. The lowest BCUT2D eigenvalue weighted by Gasteiger charge is -2.07. The zero-order chi connectivity index (χ0) is 18.4. The molecule has 3 rings (SSSR count). The second kappa shape index (κ2) is 7.98. The molecule has 0 atom stereocenters. The van der Waals surface area contributed by atoms with Crippen LogP contribution in [-0.4, -0.2) is 30.6 Å². The first-order valence-corrected chi connectivity index (χ1v) is 7.92. The minimum Gasteiger partial charge on any atom is -0.484 e. The van der Waals surface area contributed by atoms with Crippen LogP contribution < -0.4 is 15.4 Å². The Bertz CT molecular complexity index is 906. The number of nitrogens with zero attached hydrogens (tertiary/aromatic N) is 1. The molecule has 132 valence electrons. The molecular weight excluding hydrogens is 334 g/mol. The van der Waals surface area contributed by atoms with Crippen LogP contribution in [0, 0.1) is 0 Å². The van der Waals surface area contributed by atoms with Crippen molar-refractivity contribution >= 4 is 17.5 Å². The second-order valence-electron chi connectivity index (χ2n) is 5.39. The molecule has 7 nitrogen and oxygen atoms in total. The molecule has 2 N–H and O–H groups in total. The summed E-state index contributed by atoms with van der Waals surface area (Å²) in [7, 11) is 1.53. The van der Waals surface area contributed by atoms with Crippen molar-refractivity contribution in [2.45, 2.75) is 0 Å². The van der Waals surface area contributed by atoms with E-state index in [0.717, 1.165) is 5.56 Å². The lowest BCUT2D eigenvalue weighted by Crippen LogP contribution is -2.24. The van der Waals surface area contributed by atoms with Gasteiger partial charge in [0.25, 0.3) is 11.8 Å². The Hall–Kier alpha value is -3.61. The van der Waals surface area contributed by atoms with Gasteiger partial charge in [0, 0.05) is 30.4 Å². The van der Waals surface area contributed by atoms with E-state index in [0.29, 0.717) is 17.1 Å². The summed E-state index contributed by atoms with van der Waals surface area (Å²) in [6.07, 6.45) is 0. The normalized spacial score (nSPS) is 10.2. The van der Waals surface area contributed by atoms with Crippen LogP contribution in [0.25, 0.3) is 11.3 Å². The van der Waals surface area contributed by atoms with Crippen LogP contribution in [0.2, 0.25) is 0 Å². The van der Waals surface area contributed by atoms with Crippen LogP contribution in [0.3, 0.4) is 0 Å². The Balaban J connectivity index is 1.67. The van der Waals surface area contributed by atoms with Crippen LogP contribution in [0.5, 0.6) is 5.75 Å². The molecule has 0 fully saturated rings. The molecule has 0 saturated heterocycles. The SMILES string of the molecule is CNC(=O)COc1cccc(NC(=O)c2cc(-c3ccccc3)no2)c1. The highest BCUT2D eigenvalue weighted by Crippen LogP contribution is 2.21. The summed E-state index contributed by atoms with van der Waals surface area (Å²) in [6, 6.07) is 17.7. The van der Waals surface area contributed by atoms with Crippen molar-refractivity contribution in [1.29, 1.82) is 0 Å². The number of amides is 2. The summed E-state index contributed by atoms with van der Waals surface area (Å²) < 4.78 is 10.5. The van der Waals surface area contributed by atoms with Gasteiger partial charge >= 0.3 is 0 Å². The summed E-state index contributed by atoms with van der Waals surface area (Å²) in [6.45, 7) is -0.101. The van der Waals surface area contributed by atoms with E-state index < -0.39 is 5.91 Å². The highest BCUT2D eigenvalue weighted by atomic mass is 16.5. The van der Waals surface area contributed by atoms with E-state index in [1.54, 1.807) is 30.3 Å². The fraction of sp³-hybridized carbons (Fsp3) is 0.105. The van der Waals surface area contributed by atoms with Gasteiger partial charge in [0.2, 0.25) is 5.76 Å². The van der Waals surface area contributed by atoms with Crippen molar-refractivity contribution < 1.29 is 18.8 Å². The topological polar surface area (TPSA) is 93.5 Å². The highest BCUT2D eigenvalue weighted by molar-refractivity contribution is 6.02. The summed E-state index contributed by atoms with van der Waals surface area (Å²) in [5.41, 5.74) is 1.96. The predicted molar refractivity (Wildman–Crippen MR) is 95.9 cm³/mol. The van der Waals surface area contributed by atoms with Crippen molar-refractivity contribution in [1.82, 2.24) is 10.5 Å². The van der Waals surface area contributed by atoms with Crippen LogP contribution >= 0.6 is 0 Å².